The summed E-state index contributed by atoms with van der Waals surface area (Å²) in [6, 6.07) is 6.56. The molecule has 4 nitrogen and oxygen atoms in total. The molecule has 0 radical (unpaired) electrons. The molecule has 88 valence electrons. The lowest BCUT2D eigenvalue weighted by Crippen LogP contribution is -2.27. The Morgan fingerprint density at radius 3 is 2.31 bits per heavy atom. The number of hydrogen-bond donors (Lipinski definition) is 1. The fraction of sp³-hybridized carbons (Fsp3) is 0.417. The van der Waals surface area contributed by atoms with E-state index in [2.05, 4.69) is 4.74 Å². The molecule has 1 aromatic carbocycles. The van der Waals surface area contributed by atoms with Crippen LogP contribution in [0.5, 0.6) is 5.75 Å². The van der Waals surface area contributed by atoms with E-state index in [9.17, 15) is 9.90 Å². The highest BCUT2D eigenvalue weighted by Gasteiger charge is 2.13. The Hall–Kier alpha value is -1.55. The molecule has 0 amide bonds. The summed E-state index contributed by atoms with van der Waals surface area (Å²) in [6.07, 6.45) is 0. The van der Waals surface area contributed by atoms with E-state index in [1.165, 1.54) is 7.11 Å². The van der Waals surface area contributed by atoms with Crippen molar-refractivity contribution in [3.63, 3.8) is 0 Å². The molecule has 0 atom stereocenters. The molecule has 0 spiro atoms. The van der Waals surface area contributed by atoms with Gasteiger partial charge >= 0.3 is 5.97 Å². The zero-order chi connectivity index (χ0) is 12.2. The first-order valence-corrected chi connectivity index (χ1v) is 4.96. The maximum Gasteiger partial charge on any atom is 0.337 e. The van der Waals surface area contributed by atoms with Crippen LogP contribution in [0.3, 0.4) is 0 Å². The van der Waals surface area contributed by atoms with E-state index in [1.54, 1.807) is 38.1 Å². The number of carbonyl (C=O) groups is 1. The van der Waals surface area contributed by atoms with Gasteiger partial charge in [0, 0.05) is 0 Å². The van der Waals surface area contributed by atoms with Crippen molar-refractivity contribution in [3.05, 3.63) is 29.8 Å². The number of esters is 1. The Labute approximate surface area is 94.8 Å². The quantitative estimate of drug-likeness (QED) is 0.790. The van der Waals surface area contributed by atoms with Crippen LogP contribution in [0, 0.1) is 0 Å². The molecule has 0 heterocycles. The first kappa shape index (κ1) is 12.5. The van der Waals surface area contributed by atoms with Gasteiger partial charge in [0.15, 0.2) is 0 Å². The lowest BCUT2D eigenvalue weighted by Gasteiger charge is -2.17. The highest BCUT2D eigenvalue weighted by atomic mass is 16.5. The minimum absolute atomic E-state index is 0.199. The molecule has 0 fully saturated rings. The Balaban J connectivity index is 2.62. The minimum Gasteiger partial charge on any atom is -0.491 e. The summed E-state index contributed by atoms with van der Waals surface area (Å²) < 4.78 is 9.91. The van der Waals surface area contributed by atoms with Crippen molar-refractivity contribution in [2.24, 2.45) is 0 Å². The van der Waals surface area contributed by atoms with Crippen LogP contribution in [-0.2, 0) is 4.74 Å². The highest BCUT2D eigenvalue weighted by Crippen LogP contribution is 2.14. The molecule has 16 heavy (non-hydrogen) atoms. The zero-order valence-corrected chi connectivity index (χ0v) is 9.69. The Morgan fingerprint density at radius 2 is 1.88 bits per heavy atom. The largest absolute Gasteiger partial charge is 0.491 e. The molecule has 0 aliphatic rings. The summed E-state index contributed by atoms with van der Waals surface area (Å²) in [7, 11) is 1.33. The second-order valence-corrected chi connectivity index (χ2v) is 4.12. The van der Waals surface area contributed by atoms with Crippen LogP contribution in [0.1, 0.15) is 24.2 Å². The van der Waals surface area contributed by atoms with Gasteiger partial charge < -0.3 is 14.6 Å². The van der Waals surface area contributed by atoms with Crippen molar-refractivity contribution >= 4 is 5.97 Å². The fourth-order valence-electron chi connectivity index (χ4n) is 1.07. The topological polar surface area (TPSA) is 55.8 Å². The molecular formula is C12H16O4. The third kappa shape index (κ3) is 3.90. The lowest BCUT2D eigenvalue weighted by molar-refractivity contribution is 0.0284. The number of methoxy groups -OCH3 is 1. The summed E-state index contributed by atoms with van der Waals surface area (Å²) in [5.41, 5.74) is -0.404. The van der Waals surface area contributed by atoms with Gasteiger partial charge in [0.2, 0.25) is 0 Å². The highest BCUT2D eigenvalue weighted by molar-refractivity contribution is 5.89. The molecule has 0 bridgehead atoms. The van der Waals surface area contributed by atoms with Crippen molar-refractivity contribution in [2.75, 3.05) is 13.7 Å². The Bertz CT molecular complexity index is 348. The minimum atomic E-state index is -0.874. The molecule has 0 aliphatic carbocycles. The van der Waals surface area contributed by atoms with Gasteiger partial charge in [-0.3, -0.25) is 0 Å². The predicted molar refractivity (Wildman–Crippen MR) is 59.6 cm³/mol. The number of carbonyl (C=O) groups excluding carboxylic acids is 1. The van der Waals surface area contributed by atoms with E-state index in [0.29, 0.717) is 11.3 Å². The SMILES string of the molecule is COC(=O)c1ccc(OCC(C)(C)O)cc1. The maximum atomic E-state index is 11.1. The standard InChI is InChI=1S/C12H16O4/c1-12(2,14)8-16-10-6-4-9(5-7-10)11(13)15-3/h4-7,14H,8H2,1-3H3. The van der Waals surface area contributed by atoms with Gasteiger partial charge in [0.05, 0.1) is 18.3 Å². The van der Waals surface area contributed by atoms with Crippen LogP contribution in [-0.4, -0.2) is 30.4 Å². The van der Waals surface area contributed by atoms with E-state index in [-0.39, 0.29) is 12.6 Å². The average Bonchev–Trinajstić information content (AvgIpc) is 2.25. The Morgan fingerprint density at radius 1 is 1.31 bits per heavy atom. The molecule has 0 unspecified atom stereocenters. The number of benzene rings is 1. The van der Waals surface area contributed by atoms with E-state index in [0.717, 1.165) is 0 Å². The molecule has 0 aromatic heterocycles. The summed E-state index contributed by atoms with van der Waals surface area (Å²) in [5, 5.41) is 9.46. The maximum absolute atomic E-state index is 11.1. The van der Waals surface area contributed by atoms with Crippen LogP contribution in [0.4, 0.5) is 0 Å². The van der Waals surface area contributed by atoms with Crippen LogP contribution >= 0.6 is 0 Å². The van der Waals surface area contributed by atoms with Crippen molar-refractivity contribution in [2.45, 2.75) is 19.4 Å². The molecule has 1 N–H and O–H groups in total. The molecule has 1 rings (SSSR count). The van der Waals surface area contributed by atoms with Crippen molar-refractivity contribution in [3.8, 4) is 5.75 Å². The van der Waals surface area contributed by atoms with E-state index >= 15 is 0 Å². The smallest absolute Gasteiger partial charge is 0.337 e. The summed E-state index contributed by atoms with van der Waals surface area (Å²) in [6.45, 7) is 3.52. The predicted octanol–water partition coefficient (Wildman–Crippen LogP) is 1.62. The van der Waals surface area contributed by atoms with Gasteiger partial charge in [-0.1, -0.05) is 0 Å². The first-order chi connectivity index (χ1) is 7.42. The third-order valence-electron chi connectivity index (χ3n) is 1.87. The normalized spacial score (nSPS) is 11.0. The van der Waals surface area contributed by atoms with Gasteiger partial charge in [-0.05, 0) is 38.1 Å². The second kappa shape index (κ2) is 4.99. The van der Waals surface area contributed by atoms with Gasteiger partial charge in [0.1, 0.15) is 12.4 Å². The van der Waals surface area contributed by atoms with E-state index in [1.807, 2.05) is 0 Å². The number of rotatable bonds is 4. The van der Waals surface area contributed by atoms with Gasteiger partial charge in [0.25, 0.3) is 0 Å². The average molecular weight is 224 g/mol. The van der Waals surface area contributed by atoms with Crippen LogP contribution in [0.25, 0.3) is 0 Å². The lowest BCUT2D eigenvalue weighted by atomic mass is 10.1. The molecule has 0 aliphatic heterocycles. The summed E-state index contributed by atoms with van der Waals surface area (Å²) >= 11 is 0. The molecule has 0 saturated carbocycles. The number of ether oxygens (including phenoxy) is 2. The van der Waals surface area contributed by atoms with Crippen molar-refractivity contribution < 1.29 is 19.4 Å². The Kier molecular flexibility index (Phi) is 3.90. The van der Waals surface area contributed by atoms with Gasteiger partial charge in [-0.15, -0.1) is 0 Å². The summed E-state index contributed by atoms with van der Waals surface area (Å²) in [4.78, 5) is 11.1. The van der Waals surface area contributed by atoms with E-state index in [4.69, 9.17) is 4.74 Å². The number of hydrogen-bond acceptors (Lipinski definition) is 4. The first-order valence-electron chi connectivity index (χ1n) is 4.96. The zero-order valence-electron chi connectivity index (χ0n) is 9.69. The molecular weight excluding hydrogens is 208 g/mol. The fourth-order valence-corrected chi connectivity index (χ4v) is 1.07. The monoisotopic (exact) mass is 224 g/mol. The third-order valence-corrected chi connectivity index (χ3v) is 1.87. The van der Waals surface area contributed by atoms with Crippen LogP contribution in [0.2, 0.25) is 0 Å². The van der Waals surface area contributed by atoms with E-state index < -0.39 is 5.60 Å². The van der Waals surface area contributed by atoms with Crippen LogP contribution in [0.15, 0.2) is 24.3 Å². The molecule has 4 heteroatoms. The van der Waals surface area contributed by atoms with Crippen LogP contribution < -0.4 is 4.74 Å². The molecule has 1 aromatic rings. The summed E-state index contributed by atoms with van der Waals surface area (Å²) in [5.74, 6) is 0.226. The van der Waals surface area contributed by atoms with Crippen molar-refractivity contribution in [1.29, 1.82) is 0 Å². The molecule has 0 saturated heterocycles. The van der Waals surface area contributed by atoms with Crippen molar-refractivity contribution in [1.82, 2.24) is 0 Å². The van der Waals surface area contributed by atoms with Gasteiger partial charge in [-0.25, -0.2) is 4.79 Å². The number of aliphatic hydroxyl groups is 1. The van der Waals surface area contributed by atoms with Gasteiger partial charge in [-0.2, -0.15) is 0 Å². The second-order valence-electron chi connectivity index (χ2n) is 4.12.